The maximum atomic E-state index is 12.5. The first-order chi connectivity index (χ1) is 14.6. The molecular formula is C23H29N3O2S2. The van der Waals surface area contributed by atoms with E-state index < -0.39 is 0 Å². The summed E-state index contributed by atoms with van der Waals surface area (Å²) in [6, 6.07) is 8.58. The van der Waals surface area contributed by atoms with Crippen molar-refractivity contribution >= 4 is 39.6 Å². The highest BCUT2D eigenvalue weighted by atomic mass is 32.1. The van der Waals surface area contributed by atoms with Crippen molar-refractivity contribution in [2.24, 2.45) is 0 Å². The lowest BCUT2D eigenvalue weighted by molar-refractivity contribution is 0.0601. The largest absolute Gasteiger partial charge is 0.465 e. The highest BCUT2D eigenvalue weighted by Gasteiger charge is 2.27. The van der Waals surface area contributed by atoms with Crippen LogP contribution >= 0.6 is 23.6 Å². The summed E-state index contributed by atoms with van der Waals surface area (Å²) >= 11 is 7.38. The topological polar surface area (TPSA) is 44.8 Å². The maximum Gasteiger partial charge on any atom is 0.341 e. The second-order valence-corrected chi connectivity index (χ2v) is 9.52. The molecule has 0 spiro atoms. The van der Waals surface area contributed by atoms with E-state index in [4.69, 9.17) is 17.0 Å². The minimum Gasteiger partial charge on any atom is -0.465 e. The molecule has 1 saturated heterocycles. The number of esters is 1. The van der Waals surface area contributed by atoms with Gasteiger partial charge in [0.25, 0.3) is 0 Å². The van der Waals surface area contributed by atoms with Crippen LogP contribution in [0.15, 0.2) is 24.3 Å². The molecule has 0 bridgehead atoms. The molecule has 0 unspecified atom stereocenters. The minimum absolute atomic E-state index is 0.261. The number of hydrogen-bond acceptors (Lipinski definition) is 5. The van der Waals surface area contributed by atoms with Gasteiger partial charge in [0, 0.05) is 37.6 Å². The molecule has 1 N–H and O–H groups in total. The van der Waals surface area contributed by atoms with E-state index in [0.29, 0.717) is 10.7 Å². The van der Waals surface area contributed by atoms with Gasteiger partial charge in [-0.3, -0.25) is 4.90 Å². The van der Waals surface area contributed by atoms with Crippen LogP contribution in [0.1, 0.15) is 44.8 Å². The third-order valence-electron chi connectivity index (χ3n) is 6.10. The van der Waals surface area contributed by atoms with Gasteiger partial charge in [-0.15, -0.1) is 11.3 Å². The van der Waals surface area contributed by atoms with Crippen LogP contribution in [-0.4, -0.2) is 54.2 Å². The molecule has 30 heavy (non-hydrogen) atoms. The number of carbonyl (C=O) groups is 1. The Kier molecular flexibility index (Phi) is 6.71. The van der Waals surface area contributed by atoms with Crippen molar-refractivity contribution < 1.29 is 9.53 Å². The summed E-state index contributed by atoms with van der Waals surface area (Å²) in [6.07, 6.45) is 4.29. The molecule has 2 heterocycles. The molecule has 0 amide bonds. The first kappa shape index (κ1) is 21.3. The molecule has 0 radical (unpaired) electrons. The van der Waals surface area contributed by atoms with Crippen molar-refractivity contribution in [1.82, 2.24) is 9.80 Å². The Morgan fingerprint density at radius 2 is 1.90 bits per heavy atom. The summed E-state index contributed by atoms with van der Waals surface area (Å²) in [5.74, 6) is -0.261. The van der Waals surface area contributed by atoms with Gasteiger partial charge in [-0.2, -0.15) is 0 Å². The number of nitrogens with one attached hydrogen (secondary N) is 1. The lowest BCUT2D eigenvalue weighted by atomic mass is 9.95. The van der Waals surface area contributed by atoms with Gasteiger partial charge >= 0.3 is 5.97 Å². The van der Waals surface area contributed by atoms with Crippen LogP contribution in [0.2, 0.25) is 0 Å². The van der Waals surface area contributed by atoms with Crippen LogP contribution in [0.25, 0.3) is 0 Å². The summed E-state index contributed by atoms with van der Waals surface area (Å²) in [7, 11) is 1.45. The second kappa shape index (κ2) is 9.45. The summed E-state index contributed by atoms with van der Waals surface area (Å²) < 4.78 is 5.07. The average Bonchev–Trinajstić information content (AvgIpc) is 3.13. The van der Waals surface area contributed by atoms with Crippen molar-refractivity contribution in [2.75, 3.05) is 38.6 Å². The fraction of sp³-hybridized carbons (Fsp3) is 0.478. The SMILES string of the molecule is COC(=O)c1c(NC(=S)N2CCN(Cc3ccccc3C)CC2)sc2c1CCCC2. The van der Waals surface area contributed by atoms with E-state index >= 15 is 0 Å². The van der Waals surface area contributed by atoms with Crippen LogP contribution in [0, 0.1) is 6.92 Å². The molecule has 1 aliphatic carbocycles. The number of thiocarbonyl (C=S) groups is 1. The third kappa shape index (κ3) is 4.53. The van der Waals surface area contributed by atoms with Gasteiger partial charge in [0.1, 0.15) is 5.00 Å². The molecule has 5 nitrogen and oxygen atoms in total. The molecule has 160 valence electrons. The van der Waals surface area contributed by atoms with Crippen molar-refractivity contribution in [2.45, 2.75) is 39.2 Å². The van der Waals surface area contributed by atoms with Gasteiger partial charge in [0.2, 0.25) is 0 Å². The fourth-order valence-electron chi connectivity index (χ4n) is 4.29. The van der Waals surface area contributed by atoms with Gasteiger partial charge in [-0.25, -0.2) is 4.79 Å². The van der Waals surface area contributed by atoms with Crippen LogP contribution in [0.4, 0.5) is 5.00 Å². The summed E-state index contributed by atoms with van der Waals surface area (Å²) in [6.45, 7) is 6.86. The van der Waals surface area contributed by atoms with Crippen molar-refractivity contribution in [3.05, 3.63) is 51.4 Å². The van der Waals surface area contributed by atoms with E-state index in [1.807, 2.05) is 0 Å². The molecule has 1 fully saturated rings. The molecule has 1 aliphatic heterocycles. The zero-order valence-electron chi connectivity index (χ0n) is 17.7. The van der Waals surface area contributed by atoms with E-state index in [1.54, 1.807) is 11.3 Å². The highest BCUT2D eigenvalue weighted by Crippen LogP contribution is 2.38. The lowest BCUT2D eigenvalue weighted by Gasteiger charge is -2.36. The van der Waals surface area contributed by atoms with Gasteiger partial charge in [0.05, 0.1) is 12.7 Å². The predicted molar refractivity (Wildman–Crippen MR) is 127 cm³/mol. The van der Waals surface area contributed by atoms with Crippen molar-refractivity contribution in [3.8, 4) is 0 Å². The molecule has 0 saturated carbocycles. The minimum atomic E-state index is -0.261. The maximum absolute atomic E-state index is 12.5. The van der Waals surface area contributed by atoms with Gasteiger partial charge < -0.3 is 15.0 Å². The molecule has 1 aromatic heterocycles. The van der Waals surface area contributed by atoms with Gasteiger partial charge in [0.15, 0.2) is 5.11 Å². The molecule has 7 heteroatoms. The number of aryl methyl sites for hydroxylation is 2. The first-order valence-corrected chi connectivity index (χ1v) is 11.8. The van der Waals surface area contributed by atoms with E-state index in [0.717, 1.165) is 62.6 Å². The molecule has 2 aromatic rings. The monoisotopic (exact) mass is 443 g/mol. The normalized spacial score (nSPS) is 16.8. The first-order valence-electron chi connectivity index (χ1n) is 10.6. The molecular weight excluding hydrogens is 414 g/mol. The number of piperazine rings is 1. The number of ether oxygens (including phenoxy) is 1. The van der Waals surface area contributed by atoms with E-state index in [1.165, 1.54) is 29.5 Å². The third-order valence-corrected chi connectivity index (χ3v) is 7.66. The molecule has 2 aliphatic rings. The van der Waals surface area contributed by atoms with Crippen LogP contribution < -0.4 is 5.32 Å². The van der Waals surface area contributed by atoms with Crippen LogP contribution in [0.3, 0.4) is 0 Å². The Labute approximate surface area is 188 Å². The number of fused-ring (bicyclic) bond motifs is 1. The van der Waals surface area contributed by atoms with Crippen LogP contribution in [-0.2, 0) is 24.1 Å². The lowest BCUT2D eigenvalue weighted by Crippen LogP contribution is -2.49. The highest BCUT2D eigenvalue weighted by molar-refractivity contribution is 7.80. The van der Waals surface area contributed by atoms with Crippen molar-refractivity contribution in [1.29, 1.82) is 0 Å². The Bertz CT molecular complexity index is 933. The summed E-state index contributed by atoms with van der Waals surface area (Å²) in [5.41, 5.74) is 4.58. The van der Waals surface area contributed by atoms with E-state index in [9.17, 15) is 4.79 Å². The summed E-state index contributed by atoms with van der Waals surface area (Å²) in [4.78, 5) is 18.4. The quantitative estimate of drug-likeness (QED) is 0.563. The number of anilines is 1. The Hall–Kier alpha value is -1.96. The molecule has 1 aromatic carbocycles. The zero-order valence-corrected chi connectivity index (χ0v) is 19.3. The smallest absolute Gasteiger partial charge is 0.341 e. The van der Waals surface area contributed by atoms with E-state index in [2.05, 4.69) is 46.3 Å². The predicted octanol–water partition coefficient (Wildman–Crippen LogP) is 4.24. The summed E-state index contributed by atoms with van der Waals surface area (Å²) in [5, 5.41) is 4.93. The number of carbonyl (C=O) groups excluding carboxylic acids is 1. The average molecular weight is 444 g/mol. The number of rotatable bonds is 4. The Balaban J connectivity index is 1.39. The molecule has 0 atom stereocenters. The van der Waals surface area contributed by atoms with E-state index in [-0.39, 0.29) is 5.97 Å². The van der Waals surface area contributed by atoms with Gasteiger partial charge in [-0.1, -0.05) is 24.3 Å². The molecule has 4 rings (SSSR count). The van der Waals surface area contributed by atoms with Gasteiger partial charge in [-0.05, 0) is 61.5 Å². The van der Waals surface area contributed by atoms with Crippen LogP contribution in [0.5, 0.6) is 0 Å². The number of benzene rings is 1. The standard InChI is InChI=1S/C23H29N3O2S2/c1-16-7-3-4-8-17(16)15-25-11-13-26(14-12-25)23(29)24-21-20(22(27)28-2)18-9-5-6-10-19(18)30-21/h3-4,7-8H,5-6,9-15H2,1-2H3,(H,24,29). The number of hydrogen-bond donors (Lipinski definition) is 1. The second-order valence-electron chi connectivity index (χ2n) is 8.03. The number of thiophene rings is 1. The Morgan fingerprint density at radius 1 is 1.17 bits per heavy atom. The van der Waals surface area contributed by atoms with Crippen molar-refractivity contribution in [3.63, 3.8) is 0 Å². The fourth-order valence-corrected chi connectivity index (χ4v) is 5.91. The number of nitrogens with zero attached hydrogens (tertiary/aromatic N) is 2. The zero-order chi connectivity index (χ0) is 21.1. The number of methoxy groups -OCH3 is 1. The Morgan fingerprint density at radius 3 is 2.63 bits per heavy atom.